The molecule has 0 aliphatic rings. The Balaban J connectivity index is 1.74. The van der Waals surface area contributed by atoms with E-state index in [9.17, 15) is 19.3 Å². The number of hydrogen-bond donors (Lipinski definition) is 3. The van der Waals surface area contributed by atoms with E-state index in [0.717, 1.165) is 5.69 Å². The second-order valence-corrected chi connectivity index (χ2v) is 5.89. The molecule has 0 spiro atoms. The standard InChI is InChI=1S/C20H17FN4O3/c21-14-5-4-8-16(11-14)24-20(26)13-22-19-12-17(25(27)28)9-10-18(19)23-15-6-2-1-3-7-15/h1-12,22-23H,13H2,(H,24,26). The molecular formula is C20H17FN4O3. The molecule has 3 rings (SSSR count). The van der Waals surface area contributed by atoms with E-state index in [0.29, 0.717) is 17.1 Å². The molecule has 0 bridgehead atoms. The predicted molar refractivity (Wildman–Crippen MR) is 106 cm³/mol. The highest BCUT2D eigenvalue weighted by Gasteiger charge is 2.12. The van der Waals surface area contributed by atoms with Crippen LogP contribution >= 0.6 is 0 Å². The predicted octanol–water partition coefficient (Wildman–Crippen LogP) is 4.53. The summed E-state index contributed by atoms with van der Waals surface area (Å²) in [5, 5.41) is 19.7. The van der Waals surface area contributed by atoms with Crippen molar-refractivity contribution in [2.24, 2.45) is 0 Å². The third kappa shape index (κ3) is 5.04. The number of benzene rings is 3. The Morgan fingerprint density at radius 1 is 0.929 bits per heavy atom. The fourth-order valence-electron chi connectivity index (χ4n) is 2.52. The summed E-state index contributed by atoms with van der Waals surface area (Å²) in [6.45, 7) is -0.152. The molecule has 8 heteroatoms. The molecule has 3 aromatic rings. The van der Waals surface area contributed by atoms with Crippen LogP contribution in [-0.2, 0) is 4.79 Å². The highest BCUT2D eigenvalue weighted by Crippen LogP contribution is 2.29. The van der Waals surface area contributed by atoms with Crippen molar-refractivity contribution >= 4 is 34.3 Å². The molecule has 0 aliphatic carbocycles. The first-order valence-electron chi connectivity index (χ1n) is 8.41. The maximum absolute atomic E-state index is 13.2. The van der Waals surface area contributed by atoms with Crippen LogP contribution < -0.4 is 16.0 Å². The molecular weight excluding hydrogens is 363 g/mol. The normalized spacial score (nSPS) is 10.2. The lowest BCUT2D eigenvalue weighted by atomic mass is 10.2. The van der Waals surface area contributed by atoms with Gasteiger partial charge in [0.05, 0.1) is 22.8 Å². The van der Waals surface area contributed by atoms with Gasteiger partial charge in [-0.25, -0.2) is 4.39 Å². The van der Waals surface area contributed by atoms with Crippen molar-refractivity contribution in [3.8, 4) is 0 Å². The first-order chi connectivity index (χ1) is 13.5. The van der Waals surface area contributed by atoms with Crippen LogP contribution in [0.4, 0.5) is 32.8 Å². The number of nitro groups is 1. The minimum atomic E-state index is -0.510. The summed E-state index contributed by atoms with van der Waals surface area (Å²) < 4.78 is 13.2. The third-order valence-electron chi connectivity index (χ3n) is 3.81. The topological polar surface area (TPSA) is 96.3 Å². The second kappa shape index (κ2) is 8.63. The monoisotopic (exact) mass is 380 g/mol. The number of hydrogen-bond acceptors (Lipinski definition) is 5. The number of nitro benzene ring substituents is 1. The number of carbonyl (C=O) groups is 1. The largest absolute Gasteiger partial charge is 0.374 e. The molecule has 3 N–H and O–H groups in total. The van der Waals surface area contributed by atoms with Gasteiger partial charge in [0.2, 0.25) is 5.91 Å². The van der Waals surface area contributed by atoms with Gasteiger partial charge in [0.15, 0.2) is 0 Å². The average molecular weight is 380 g/mol. The van der Waals surface area contributed by atoms with Crippen LogP contribution in [0.3, 0.4) is 0 Å². The maximum Gasteiger partial charge on any atom is 0.271 e. The first-order valence-corrected chi connectivity index (χ1v) is 8.41. The molecule has 28 heavy (non-hydrogen) atoms. The van der Waals surface area contributed by atoms with Crippen LogP contribution in [0.5, 0.6) is 0 Å². The van der Waals surface area contributed by atoms with E-state index < -0.39 is 16.6 Å². The zero-order valence-corrected chi connectivity index (χ0v) is 14.7. The lowest BCUT2D eigenvalue weighted by Gasteiger charge is -2.14. The zero-order valence-electron chi connectivity index (χ0n) is 14.7. The molecule has 0 atom stereocenters. The summed E-state index contributed by atoms with van der Waals surface area (Å²) in [5.74, 6) is -0.874. The summed E-state index contributed by atoms with van der Waals surface area (Å²) in [4.78, 5) is 22.7. The van der Waals surface area contributed by atoms with E-state index >= 15 is 0 Å². The lowest BCUT2D eigenvalue weighted by molar-refractivity contribution is -0.384. The average Bonchev–Trinajstić information content (AvgIpc) is 2.68. The number of nitrogens with one attached hydrogen (secondary N) is 3. The smallest absolute Gasteiger partial charge is 0.271 e. The molecule has 7 nitrogen and oxygen atoms in total. The third-order valence-corrected chi connectivity index (χ3v) is 3.81. The van der Waals surface area contributed by atoms with Crippen molar-refractivity contribution < 1.29 is 14.1 Å². The van der Waals surface area contributed by atoms with Gasteiger partial charge in [-0.05, 0) is 36.4 Å². The van der Waals surface area contributed by atoms with Crippen molar-refractivity contribution in [3.63, 3.8) is 0 Å². The summed E-state index contributed by atoms with van der Waals surface area (Å²) >= 11 is 0. The van der Waals surface area contributed by atoms with Crippen LogP contribution in [0, 0.1) is 15.9 Å². The molecule has 0 aliphatic heterocycles. The lowest BCUT2D eigenvalue weighted by Crippen LogP contribution is -2.22. The van der Waals surface area contributed by atoms with Crippen molar-refractivity contribution in [3.05, 3.63) is 88.7 Å². The molecule has 0 heterocycles. The quantitative estimate of drug-likeness (QED) is 0.413. The van der Waals surface area contributed by atoms with Gasteiger partial charge in [0.25, 0.3) is 5.69 Å². The van der Waals surface area contributed by atoms with E-state index in [-0.39, 0.29) is 12.2 Å². The number of amides is 1. The van der Waals surface area contributed by atoms with Crippen LogP contribution in [0.2, 0.25) is 0 Å². The number of nitrogens with zero attached hydrogens (tertiary/aromatic N) is 1. The Bertz CT molecular complexity index is 996. The summed E-state index contributed by atoms with van der Waals surface area (Å²) in [6.07, 6.45) is 0. The first kappa shape index (κ1) is 18.8. The molecule has 0 fully saturated rings. The Morgan fingerprint density at radius 2 is 1.68 bits per heavy atom. The minimum Gasteiger partial charge on any atom is -0.374 e. The summed E-state index contributed by atoms with van der Waals surface area (Å²) in [6, 6.07) is 19.1. The van der Waals surface area contributed by atoms with Crippen LogP contribution in [0.25, 0.3) is 0 Å². The van der Waals surface area contributed by atoms with E-state index in [4.69, 9.17) is 0 Å². The molecule has 0 saturated carbocycles. The van der Waals surface area contributed by atoms with Gasteiger partial charge in [-0.3, -0.25) is 14.9 Å². The highest BCUT2D eigenvalue weighted by molar-refractivity contribution is 5.94. The fraction of sp³-hybridized carbons (Fsp3) is 0.0500. The van der Waals surface area contributed by atoms with Crippen molar-refractivity contribution in [2.75, 3.05) is 22.5 Å². The van der Waals surface area contributed by atoms with Gasteiger partial charge in [-0.15, -0.1) is 0 Å². The molecule has 142 valence electrons. The number of anilines is 4. The van der Waals surface area contributed by atoms with E-state index in [1.54, 1.807) is 12.1 Å². The Morgan fingerprint density at radius 3 is 2.39 bits per heavy atom. The number of para-hydroxylation sites is 1. The number of rotatable bonds is 7. The second-order valence-electron chi connectivity index (χ2n) is 5.89. The van der Waals surface area contributed by atoms with E-state index in [1.807, 2.05) is 30.3 Å². The highest BCUT2D eigenvalue weighted by atomic mass is 19.1. The summed E-state index contributed by atoms with van der Waals surface area (Å²) in [7, 11) is 0. The number of carbonyl (C=O) groups excluding carboxylic acids is 1. The minimum absolute atomic E-state index is 0.105. The van der Waals surface area contributed by atoms with Crippen LogP contribution in [-0.4, -0.2) is 17.4 Å². The van der Waals surface area contributed by atoms with Crippen molar-refractivity contribution in [1.29, 1.82) is 0 Å². The van der Waals surface area contributed by atoms with E-state index in [2.05, 4.69) is 16.0 Å². The molecule has 1 amide bonds. The van der Waals surface area contributed by atoms with Gasteiger partial charge in [-0.2, -0.15) is 0 Å². The maximum atomic E-state index is 13.2. The fourth-order valence-corrected chi connectivity index (χ4v) is 2.52. The molecule has 0 unspecified atom stereocenters. The Labute approximate surface area is 160 Å². The van der Waals surface area contributed by atoms with Crippen molar-refractivity contribution in [2.45, 2.75) is 0 Å². The van der Waals surface area contributed by atoms with Gasteiger partial charge in [0, 0.05) is 23.5 Å². The van der Waals surface area contributed by atoms with E-state index in [1.165, 1.54) is 30.3 Å². The SMILES string of the molecule is O=C(CNc1cc([N+](=O)[O-])ccc1Nc1ccccc1)Nc1cccc(F)c1. The summed E-state index contributed by atoms with van der Waals surface area (Å²) in [5.41, 5.74) is 1.99. The van der Waals surface area contributed by atoms with Gasteiger partial charge >= 0.3 is 0 Å². The number of halogens is 1. The zero-order chi connectivity index (χ0) is 19.9. The Kier molecular flexibility index (Phi) is 5.81. The molecule has 0 saturated heterocycles. The Hall–Kier alpha value is -3.94. The molecule has 3 aromatic carbocycles. The van der Waals surface area contributed by atoms with Crippen LogP contribution in [0.1, 0.15) is 0 Å². The van der Waals surface area contributed by atoms with Crippen LogP contribution in [0.15, 0.2) is 72.8 Å². The van der Waals surface area contributed by atoms with Gasteiger partial charge in [0.1, 0.15) is 5.82 Å². The number of non-ortho nitro benzene ring substituents is 1. The van der Waals surface area contributed by atoms with Gasteiger partial charge in [-0.1, -0.05) is 24.3 Å². The molecule has 0 radical (unpaired) electrons. The molecule has 0 aromatic heterocycles. The van der Waals surface area contributed by atoms with Crippen molar-refractivity contribution in [1.82, 2.24) is 0 Å². The van der Waals surface area contributed by atoms with Gasteiger partial charge < -0.3 is 16.0 Å².